The molecule has 90 valence electrons. The van der Waals surface area contributed by atoms with Gasteiger partial charge < -0.3 is 20.7 Å². The largest absolute Gasteiger partial charge is 0.494 e. The summed E-state index contributed by atoms with van der Waals surface area (Å²) >= 11 is 0. The number of ether oxygens (including phenoxy) is 1. The molecule has 0 fully saturated rings. The lowest BCUT2D eigenvalue weighted by Crippen LogP contribution is -2.41. The third-order valence-corrected chi connectivity index (χ3v) is 2.63. The Hall–Kier alpha value is -1.53. The van der Waals surface area contributed by atoms with E-state index in [0.717, 1.165) is 0 Å². The average Bonchev–Trinajstić information content (AvgIpc) is 2.50. The van der Waals surface area contributed by atoms with Crippen molar-refractivity contribution in [3.63, 3.8) is 0 Å². The molecule has 0 aliphatic rings. The molecule has 2 unspecified atom stereocenters. The van der Waals surface area contributed by atoms with Crippen molar-refractivity contribution in [3.05, 3.63) is 11.1 Å². The van der Waals surface area contributed by atoms with Gasteiger partial charge in [-0.15, -0.1) is 0 Å². The highest BCUT2D eigenvalue weighted by molar-refractivity contribution is 6.04. The summed E-state index contributed by atoms with van der Waals surface area (Å²) in [6.45, 7) is 3.17. The molecule has 5 N–H and O–H groups in total. The number of hydrogen-bond acceptors (Lipinski definition) is 5. The molecular formula is C10H16N2O4. The van der Waals surface area contributed by atoms with Gasteiger partial charge in [0.05, 0.1) is 17.7 Å². The fourth-order valence-corrected chi connectivity index (χ4v) is 1.39. The molecule has 0 radical (unpaired) electrons. The third kappa shape index (κ3) is 2.02. The van der Waals surface area contributed by atoms with Crippen LogP contribution in [0.1, 0.15) is 22.8 Å². The highest BCUT2D eigenvalue weighted by atomic mass is 16.5. The van der Waals surface area contributed by atoms with Crippen molar-refractivity contribution in [1.29, 1.82) is 0 Å². The molecule has 2 atom stereocenters. The van der Waals surface area contributed by atoms with Crippen LogP contribution in [0.3, 0.4) is 0 Å². The zero-order chi connectivity index (χ0) is 12.5. The molecular weight excluding hydrogens is 212 g/mol. The summed E-state index contributed by atoms with van der Waals surface area (Å²) < 4.78 is 4.94. The van der Waals surface area contributed by atoms with Crippen LogP contribution in [-0.4, -0.2) is 40.2 Å². The minimum absolute atomic E-state index is 0.00824. The maximum absolute atomic E-state index is 11.9. The quantitative estimate of drug-likeness (QED) is 0.553. The number of aromatic hydroxyl groups is 2. The van der Waals surface area contributed by atoms with Crippen LogP contribution in [0.4, 0.5) is 0 Å². The summed E-state index contributed by atoms with van der Waals surface area (Å²) in [7, 11) is 1.44. The highest BCUT2D eigenvalue weighted by Gasteiger charge is 2.28. The zero-order valence-electron chi connectivity index (χ0n) is 9.44. The summed E-state index contributed by atoms with van der Waals surface area (Å²) in [4.78, 5) is 14.2. The van der Waals surface area contributed by atoms with Crippen LogP contribution in [0.2, 0.25) is 0 Å². The van der Waals surface area contributed by atoms with Crippen LogP contribution in [0, 0.1) is 6.92 Å². The Morgan fingerprint density at radius 2 is 2.00 bits per heavy atom. The molecule has 1 heterocycles. The van der Waals surface area contributed by atoms with Gasteiger partial charge in [-0.25, -0.2) is 0 Å². The summed E-state index contributed by atoms with van der Waals surface area (Å²) in [6, 6.07) is -0.884. The SMILES string of the molecule is COC(C)C(N)C(=O)c1c(O)[nH]c(O)c1C. The lowest BCUT2D eigenvalue weighted by molar-refractivity contribution is 0.0703. The monoisotopic (exact) mass is 228 g/mol. The third-order valence-electron chi connectivity index (χ3n) is 2.63. The summed E-state index contributed by atoms with van der Waals surface area (Å²) in [5, 5.41) is 18.8. The van der Waals surface area contributed by atoms with E-state index < -0.39 is 17.9 Å². The molecule has 16 heavy (non-hydrogen) atoms. The molecule has 6 heteroatoms. The van der Waals surface area contributed by atoms with E-state index in [1.165, 1.54) is 14.0 Å². The smallest absolute Gasteiger partial charge is 0.202 e. The van der Waals surface area contributed by atoms with E-state index in [2.05, 4.69) is 4.98 Å². The van der Waals surface area contributed by atoms with Crippen LogP contribution in [0.25, 0.3) is 0 Å². The number of carbonyl (C=O) groups is 1. The van der Waals surface area contributed by atoms with Crippen molar-refractivity contribution in [2.24, 2.45) is 5.73 Å². The number of carbonyl (C=O) groups excluding carboxylic acids is 1. The standard InChI is InChI=1S/C10H16N2O4/c1-4-6(10(15)12-9(4)14)8(13)7(11)5(2)16-3/h5,7,12,14-15H,11H2,1-3H3. The van der Waals surface area contributed by atoms with E-state index in [9.17, 15) is 15.0 Å². The number of rotatable bonds is 4. The van der Waals surface area contributed by atoms with Gasteiger partial charge in [-0.3, -0.25) is 9.78 Å². The van der Waals surface area contributed by atoms with Gasteiger partial charge in [-0.05, 0) is 13.8 Å². The zero-order valence-corrected chi connectivity index (χ0v) is 9.44. The van der Waals surface area contributed by atoms with Crippen LogP contribution < -0.4 is 5.73 Å². The number of aromatic nitrogens is 1. The minimum Gasteiger partial charge on any atom is -0.494 e. The number of Topliss-reactive ketones (excluding diaryl/α,β-unsaturated/α-hetero) is 1. The Balaban J connectivity index is 3.05. The second-order valence-electron chi connectivity index (χ2n) is 3.65. The maximum Gasteiger partial charge on any atom is 0.202 e. The molecule has 0 aliphatic carbocycles. The first-order chi connectivity index (χ1) is 7.40. The van der Waals surface area contributed by atoms with Crippen molar-refractivity contribution < 1.29 is 19.7 Å². The van der Waals surface area contributed by atoms with Crippen LogP contribution >= 0.6 is 0 Å². The molecule has 6 nitrogen and oxygen atoms in total. The molecule has 0 saturated heterocycles. The fourth-order valence-electron chi connectivity index (χ4n) is 1.39. The Morgan fingerprint density at radius 3 is 2.38 bits per heavy atom. The molecule has 0 spiro atoms. The van der Waals surface area contributed by atoms with Gasteiger partial charge in [0.25, 0.3) is 0 Å². The van der Waals surface area contributed by atoms with Crippen LogP contribution in [0.15, 0.2) is 0 Å². The van der Waals surface area contributed by atoms with Crippen LogP contribution in [0.5, 0.6) is 11.8 Å². The number of nitrogens with two attached hydrogens (primary N) is 1. The van der Waals surface area contributed by atoms with E-state index in [-0.39, 0.29) is 22.9 Å². The van der Waals surface area contributed by atoms with E-state index in [1.807, 2.05) is 0 Å². The molecule has 1 rings (SSSR count). The van der Waals surface area contributed by atoms with Gasteiger partial charge >= 0.3 is 0 Å². The number of ketones is 1. The van der Waals surface area contributed by atoms with E-state index >= 15 is 0 Å². The number of H-pyrrole nitrogens is 1. The van der Waals surface area contributed by atoms with Gasteiger partial charge in [-0.1, -0.05) is 0 Å². The second-order valence-corrected chi connectivity index (χ2v) is 3.65. The van der Waals surface area contributed by atoms with Crippen molar-refractivity contribution >= 4 is 5.78 Å². The van der Waals surface area contributed by atoms with E-state index in [4.69, 9.17) is 10.5 Å². The Bertz CT molecular complexity index is 400. The summed E-state index contributed by atoms with van der Waals surface area (Å²) in [5.41, 5.74) is 5.96. The first-order valence-electron chi connectivity index (χ1n) is 4.83. The molecule has 1 aromatic rings. The molecule has 1 aromatic heterocycles. The van der Waals surface area contributed by atoms with Gasteiger partial charge in [0.1, 0.15) is 0 Å². The number of aromatic amines is 1. The average molecular weight is 228 g/mol. The van der Waals surface area contributed by atoms with Gasteiger partial charge in [0, 0.05) is 12.7 Å². The maximum atomic E-state index is 11.9. The number of methoxy groups -OCH3 is 1. The first-order valence-corrected chi connectivity index (χ1v) is 4.83. The molecule has 0 bridgehead atoms. The molecule has 0 aromatic carbocycles. The molecule has 0 aliphatic heterocycles. The van der Waals surface area contributed by atoms with Crippen molar-refractivity contribution in [3.8, 4) is 11.8 Å². The number of nitrogens with one attached hydrogen (secondary N) is 1. The molecule has 0 saturated carbocycles. The first kappa shape index (κ1) is 12.5. The summed E-state index contributed by atoms with van der Waals surface area (Å²) in [6.07, 6.45) is -0.469. The normalized spacial score (nSPS) is 14.8. The lowest BCUT2D eigenvalue weighted by atomic mass is 10.0. The topological polar surface area (TPSA) is 109 Å². The summed E-state index contributed by atoms with van der Waals surface area (Å²) in [5.74, 6) is -1.09. The Kier molecular flexibility index (Phi) is 3.56. The van der Waals surface area contributed by atoms with E-state index in [0.29, 0.717) is 0 Å². The highest BCUT2D eigenvalue weighted by Crippen LogP contribution is 2.29. The Morgan fingerprint density at radius 1 is 1.44 bits per heavy atom. The number of hydrogen-bond donors (Lipinski definition) is 4. The van der Waals surface area contributed by atoms with E-state index in [1.54, 1.807) is 6.92 Å². The second kappa shape index (κ2) is 4.54. The minimum atomic E-state index is -0.884. The van der Waals surface area contributed by atoms with Crippen molar-refractivity contribution in [2.75, 3.05) is 7.11 Å². The van der Waals surface area contributed by atoms with Gasteiger partial charge in [-0.2, -0.15) is 0 Å². The van der Waals surface area contributed by atoms with Crippen molar-refractivity contribution in [1.82, 2.24) is 4.98 Å². The lowest BCUT2D eigenvalue weighted by Gasteiger charge is -2.16. The Labute approximate surface area is 93.0 Å². The van der Waals surface area contributed by atoms with Gasteiger partial charge in [0.15, 0.2) is 11.7 Å². The predicted octanol–water partition coefficient (Wildman–Crippen LogP) is 0.279. The molecule has 0 amide bonds. The van der Waals surface area contributed by atoms with Crippen molar-refractivity contribution in [2.45, 2.75) is 26.0 Å². The fraction of sp³-hybridized carbons (Fsp3) is 0.500. The van der Waals surface area contributed by atoms with Crippen LogP contribution in [-0.2, 0) is 4.74 Å². The van der Waals surface area contributed by atoms with Gasteiger partial charge in [0.2, 0.25) is 5.88 Å². The predicted molar refractivity (Wildman–Crippen MR) is 57.6 cm³/mol.